The molecule has 4 aromatic rings. The summed E-state index contributed by atoms with van der Waals surface area (Å²) >= 11 is 6.38. The van der Waals surface area contributed by atoms with E-state index < -0.39 is 23.3 Å². The summed E-state index contributed by atoms with van der Waals surface area (Å²) in [6.07, 6.45) is 5.03. The number of aromatic amines is 1. The van der Waals surface area contributed by atoms with E-state index >= 15 is 0 Å². The Morgan fingerprint density at radius 2 is 1.89 bits per heavy atom. The smallest absolute Gasteiger partial charge is 0.325 e. The van der Waals surface area contributed by atoms with Crippen molar-refractivity contribution in [2.45, 2.75) is 57.1 Å². The van der Waals surface area contributed by atoms with Crippen LogP contribution < -0.4 is 10.9 Å². The molecule has 0 saturated carbocycles. The lowest BCUT2D eigenvalue weighted by Crippen LogP contribution is -2.28. The van der Waals surface area contributed by atoms with Crippen molar-refractivity contribution in [3.63, 3.8) is 0 Å². The molecule has 1 aromatic carbocycles. The van der Waals surface area contributed by atoms with E-state index in [1.165, 1.54) is 21.6 Å². The first-order valence-electron chi connectivity index (χ1n) is 14.4. The normalized spacial score (nSPS) is 21.0. The lowest BCUT2D eigenvalue weighted by atomic mass is 9.93. The molecule has 0 spiro atoms. The maximum atomic E-state index is 13.7. The van der Waals surface area contributed by atoms with E-state index in [1.54, 1.807) is 18.3 Å². The number of carbonyl (C=O) groups is 1. The number of allylic oxidation sites excluding steroid dienone is 4. The standard InChI is InChI=1S/C32H30ClF3N6O2/c1-18-5-3-7-23-30(18)20-11-12-37-25(13-20)27(8-4-6-19(2)31(44)39-23)41-17-38-24(15-29(41)43)22-14-21(33)9-10-26(22)42-16-28(40-42)32(34,35)36/h3,5,7,9-13,15-17,19,21,27,40H,4,6,8,14H2,1-2H3,(H,39,44)/t19-,21?,27+/m1/s1. The second-order valence-corrected chi connectivity index (χ2v) is 11.8. The van der Waals surface area contributed by atoms with Crippen LogP contribution in [0.3, 0.4) is 0 Å². The fraction of sp³-hybridized carbons (Fsp3) is 0.312. The van der Waals surface area contributed by atoms with Crippen LogP contribution in [0.4, 0.5) is 18.9 Å². The quantitative estimate of drug-likeness (QED) is 0.239. The molecule has 8 nitrogen and oxygen atoms in total. The molecule has 3 aromatic heterocycles. The van der Waals surface area contributed by atoms with Crippen LogP contribution in [0.15, 0.2) is 72.1 Å². The van der Waals surface area contributed by atoms with Crippen LogP contribution in [0.2, 0.25) is 0 Å². The van der Waals surface area contributed by atoms with Crippen LogP contribution in [-0.2, 0) is 11.0 Å². The van der Waals surface area contributed by atoms with Crippen LogP contribution in [0.5, 0.6) is 0 Å². The van der Waals surface area contributed by atoms with Gasteiger partial charge in [-0.15, -0.1) is 11.6 Å². The number of halogens is 4. The largest absolute Gasteiger partial charge is 0.434 e. The highest BCUT2D eigenvalue weighted by Crippen LogP contribution is 2.37. The molecule has 1 aliphatic heterocycles. The zero-order valence-electron chi connectivity index (χ0n) is 24.0. The summed E-state index contributed by atoms with van der Waals surface area (Å²) in [5.74, 6) is -0.314. The van der Waals surface area contributed by atoms with Gasteiger partial charge in [0.2, 0.25) is 5.91 Å². The highest BCUT2D eigenvalue weighted by atomic mass is 35.5. The summed E-state index contributed by atoms with van der Waals surface area (Å²) < 4.78 is 42.0. The lowest BCUT2D eigenvalue weighted by Gasteiger charge is -2.25. The fourth-order valence-electron chi connectivity index (χ4n) is 5.83. The Morgan fingerprint density at radius 1 is 1.09 bits per heavy atom. The molecule has 1 unspecified atom stereocenters. The summed E-state index contributed by atoms with van der Waals surface area (Å²) in [6, 6.07) is 10.5. The Hall–Kier alpha value is -4.38. The Balaban J connectivity index is 1.41. The average Bonchev–Trinajstić information content (AvgIpc) is 2.94. The Bertz CT molecular complexity index is 1840. The van der Waals surface area contributed by atoms with E-state index in [4.69, 9.17) is 11.6 Å². The highest BCUT2D eigenvalue weighted by molar-refractivity contribution is 6.23. The van der Waals surface area contributed by atoms with Crippen molar-refractivity contribution < 1.29 is 18.0 Å². The van der Waals surface area contributed by atoms with Gasteiger partial charge in [0.05, 0.1) is 41.0 Å². The topological polar surface area (TPSA) is 97.6 Å². The molecular weight excluding hydrogens is 593 g/mol. The van der Waals surface area contributed by atoms with Gasteiger partial charge < -0.3 is 5.32 Å². The molecule has 0 saturated heterocycles. The van der Waals surface area contributed by atoms with E-state index in [0.29, 0.717) is 41.9 Å². The highest BCUT2D eigenvalue weighted by Gasteiger charge is 2.35. The second kappa shape index (κ2) is 11.6. The molecule has 12 heteroatoms. The molecule has 6 rings (SSSR count). The zero-order chi connectivity index (χ0) is 31.2. The third-order valence-electron chi connectivity index (χ3n) is 8.22. The van der Waals surface area contributed by atoms with Gasteiger partial charge in [0.15, 0.2) is 5.69 Å². The van der Waals surface area contributed by atoms with Crippen molar-refractivity contribution >= 4 is 34.5 Å². The monoisotopic (exact) mass is 622 g/mol. The minimum Gasteiger partial charge on any atom is -0.325 e. The third-order valence-corrected chi connectivity index (χ3v) is 8.52. The van der Waals surface area contributed by atoms with Crippen LogP contribution in [0.25, 0.3) is 22.4 Å². The predicted octanol–water partition coefficient (Wildman–Crippen LogP) is 7.05. The SMILES string of the molecule is Cc1cccc2c1-c1ccnc(c1)[C@@H](n1cnc(C3=C(n4cc(C(F)(F)F)[nH]4)C=CC(Cl)C3)cc1=O)CCC[C@@H](C)C(=O)N2. The van der Waals surface area contributed by atoms with Gasteiger partial charge in [-0.2, -0.15) is 13.2 Å². The number of hydrogen-bond acceptors (Lipinski definition) is 4. The summed E-state index contributed by atoms with van der Waals surface area (Å²) in [6.45, 7) is 3.87. The molecule has 2 aliphatic rings. The number of fused-ring (bicyclic) bond motifs is 4. The van der Waals surface area contributed by atoms with E-state index in [0.717, 1.165) is 28.6 Å². The van der Waals surface area contributed by atoms with Gasteiger partial charge in [-0.05, 0) is 61.6 Å². The number of carbonyl (C=O) groups excluding carboxylic acids is 1. The van der Waals surface area contributed by atoms with Crippen molar-refractivity contribution in [2.24, 2.45) is 5.92 Å². The molecule has 1 aliphatic carbocycles. The van der Waals surface area contributed by atoms with Crippen molar-refractivity contribution in [1.82, 2.24) is 24.3 Å². The van der Waals surface area contributed by atoms with Crippen molar-refractivity contribution in [3.8, 4) is 11.1 Å². The third kappa shape index (κ3) is 5.76. The summed E-state index contributed by atoms with van der Waals surface area (Å²) in [4.78, 5) is 36.0. The number of benzene rings is 1. The molecule has 2 N–H and O–H groups in total. The number of aromatic nitrogens is 5. The number of anilines is 1. The minimum absolute atomic E-state index is 0.0662. The number of aryl methyl sites for hydroxylation is 1. The number of hydrogen-bond donors (Lipinski definition) is 2. The molecule has 0 radical (unpaired) electrons. The maximum absolute atomic E-state index is 13.7. The summed E-state index contributed by atoms with van der Waals surface area (Å²) in [5.41, 5.74) is 4.25. The molecule has 2 bridgehead atoms. The average molecular weight is 623 g/mol. The van der Waals surface area contributed by atoms with Gasteiger partial charge in [-0.1, -0.05) is 31.6 Å². The first-order chi connectivity index (χ1) is 21.0. The summed E-state index contributed by atoms with van der Waals surface area (Å²) in [5, 5.41) is 4.99. The molecule has 44 heavy (non-hydrogen) atoms. The van der Waals surface area contributed by atoms with Crippen molar-refractivity contribution in [3.05, 3.63) is 100 Å². The minimum atomic E-state index is -4.50. The van der Waals surface area contributed by atoms with E-state index in [1.807, 2.05) is 44.2 Å². The van der Waals surface area contributed by atoms with E-state index in [2.05, 4.69) is 20.4 Å². The predicted molar refractivity (Wildman–Crippen MR) is 163 cm³/mol. The number of nitrogens with zero attached hydrogens (tertiary/aromatic N) is 4. The first-order valence-corrected chi connectivity index (χ1v) is 14.8. The number of H-pyrrole nitrogens is 1. The van der Waals surface area contributed by atoms with Crippen LogP contribution >= 0.6 is 11.6 Å². The number of pyridine rings is 1. The molecule has 3 atom stereocenters. The van der Waals surface area contributed by atoms with E-state index in [-0.39, 0.29) is 23.8 Å². The molecule has 4 heterocycles. The van der Waals surface area contributed by atoms with Crippen LogP contribution in [0.1, 0.15) is 61.3 Å². The van der Waals surface area contributed by atoms with Crippen LogP contribution in [0, 0.1) is 12.8 Å². The van der Waals surface area contributed by atoms with Crippen LogP contribution in [-0.4, -0.2) is 35.6 Å². The Labute approximate surface area is 256 Å². The molecular formula is C32H30ClF3N6O2. The molecule has 228 valence electrons. The number of amides is 1. The van der Waals surface area contributed by atoms with Crippen molar-refractivity contribution in [1.29, 1.82) is 0 Å². The van der Waals surface area contributed by atoms with Gasteiger partial charge in [0.25, 0.3) is 5.56 Å². The van der Waals surface area contributed by atoms with E-state index in [9.17, 15) is 22.8 Å². The number of alkyl halides is 4. The fourth-order valence-corrected chi connectivity index (χ4v) is 6.06. The van der Waals surface area contributed by atoms with Gasteiger partial charge in [-0.25, -0.2) is 4.98 Å². The molecule has 0 fully saturated rings. The second-order valence-electron chi connectivity index (χ2n) is 11.3. The van der Waals surface area contributed by atoms with Gasteiger partial charge >= 0.3 is 6.18 Å². The first kappa shape index (κ1) is 29.7. The zero-order valence-corrected chi connectivity index (χ0v) is 24.8. The maximum Gasteiger partial charge on any atom is 0.434 e. The van der Waals surface area contributed by atoms with Gasteiger partial charge in [0, 0.05) is 35.0 Å². The summed E-state index contributed by atoms with van der Waals surface area (Å²) in [7, 11) is 0. The van der Waals surface area contributed by atoms with Crippen molar-refractivity contribution in [2.75, 3.05) is 5.32 Å². The van der Waals surface area contributed by atoms with Gasteiger partial charge in [0.1, 0.15) is 0 Å². The lowest BCUT2D eigenvalue weighted by molar-refractivity contribution is -0.144. The number of nitrogens with one attached hydrogen (secondary N) is 2. The molecule has 1 amide bonds. The number of rotatable bonds is 3. The Morgan fingerprint density at radius 3 is 2.64 bits per heavy atom. The Kier molecular flexibility index (Phi) is 7.83. The van der Waals surface area contributed by atoms with Gasteiger partial charge in [-0.3, -0.25) is 28.9 Å².